The maximum atomic E-state index is 12.6. The van der Waals surface area contributed by atoms with Crippen molar-refractivity contribution in [2.75, 3.05) is 0 Å². The summed E-state index contributed by atoms with van der Waals surface area (Å²) >= 11 is 2.94. The van der Waals surface area contributed by atoms with E-state index < -0.39 is 12.1 Å². The summed E-state index contributed by atoms with van der Waals surface area (Å²) in [6.07, 6.45) is -0.0322. The number of fused-ring (bicyclic) bond motifs is 1. The summed E-state index contributed by atoms with van der Waals surface area (Å²) in [5, 5.41) is 4.41. The number of benzene rings is 1. The van der Waals surface area contributed by atoms with Crippen LogP contribution in [0, 0.1) is 0 Å². The van der Waals surface area contributed by atoms with E-state index in [2.05, 4.69) is 9.97 Å². The van der Waals surface area contributed by atoms with Gasteiger partial charge in [-0.25, -0.2) is 9.78 Å². The highest BCUT2D eigenvalue weighted by Gasteiger charge is 2.19. The molecule has 0 amide bonds. The van der Waals surface area contributed by atoms with Crippen molar-refractivity contribution >= 4 is 45.1 Å². The molecule has 0 aliphatic heterocycles. The average molecular weight is 410 g/mol. The smallest absolute Gasteiger partial charge is 0.338 e. The van der Waals surface area contributed by atoms with Gasteiger partial charge >= 0.3 is 5.97 Å². The molecule has 3 aromatic heterocycles. The third-order valence-corrected chi connectivity index (χ3v) is 5.98. The van der Waals surface area contributed by atoms with Gasteiger partial charge in [0.2, 0.25) is 0 Å². The Balaban J connectivity index is 1.60. The molecule has 6 nitrogen and oxygen atoms in total. The quantitative estimate of drug-likeness (QED) is 0.388. The molecule has 4 aromatic rings. The summed E-state index contributed by atoms with van der Waals surface area (Å²) in [4.78, 5) is 44.5. The Labute approximate surface area is 167 Å². The van der Waals surface area contributed by atoms with Crippen LogP contribution in [-0.2, 0) is 4.74 Å². The van der Waals surface area contributed by atoms with Gasteiger partial charge in [0, 0.05) is 21.4 Å². The first-order valence-electron chi connectivity index (χ1n) is 8.38. The fourth-order valence-electron chi connectivity index (χ4n) is 2.75. The SMILES string of the molecule is C[C@H](OC(=O)c1ccc(C=O)cc1)c1nc2scc(-c3cccs3)c2c(=O)[nH]1. The molecule has 0 bridgehead atoms. The lowest BCUT2D eigenvalue weighted by Gasteiger charge is -2.12. The molecule has 4 rings (SSSR count). The molecule has 0 fully saturated rings. The zero-order valence-corrected chi connectivity index (χ0v) is 16.3. The number of aromatic amines is 1. The number of rotatable bonds is 5. The van der Waals surface area contributed by atoms with E-state index in [4.69, 9.17) is 4.74 Å². The van der Waals surface area contributed by atoms with Crippen molar-refractivity contribution in [1.29, 1.82) is 0 Å². The molecule has 1 N–H and O–H groups in total. The van der Waals surface area contributed by atoms with Gasteiger partial charge in [-0.1, -0.05) is 18.2 Å². The molecule has 0 spiro atoms. The molecule has 3 heterocycles. The van der Waals surface area contributed by atoms with Crippen molar-refractivity contribution in [3.8, 4) is 10.4 Å². The lowest BCUT2D eigenvalue weighted by atomic mass is 10.1. The van der Waals surface area contributed by atoms with Gasteiger partial charge in [0.05, 0.1) is 10.9 Å². The number of aldehydes is 1. The van der Waals surface area contributed by atoms with Gasteiger partial charge in [-0.3, -0.25) is 9.59 Å². The zero-order chi connectivity index (χ0) is 19.7. The number of aromatic nitrogens is 2. The highest BCUT2D eigenvalue weighted by molar-refractivity contribution is 7.18. The van der Waals surface area contributed by atoms with E-state index in [0.717, 1.165) is 10.4 Å². The highest BCUT2D eigenvalue weighted by atomic mass is 32.1. The maximum Gasteiger partial charge on any atom is 0.338 e. The van der Waals surface area contributed by atoms with Gasteiger partial charge in [-0.15, -0.1) is 22.7 Å². The number of thiophene rings is 2. The molecule has 28 heavy (non-hydrogen) atoms. The van der Waals surface area contributed by atoms with Crippen molar-refractivity contribution in [1.82, 2.24) is 9.97 Å². The number of esters is 1. The van der Waals surface area contributed by atoms with Crippen molar-refractivity contribution in [3.63, 3.8) is 0 Å². The first kappa shape index (κ1) is 18.3. The van der Waals surface area contributed by atoms with Crippen LogP contribution in [0.3, 0.4) is 0 Å². The average Bonchev–Trinajstić information content (AvgIpc) is 3.37. The molecule has 0 aliphatic carbocycles. The van der Waals surface area contributed by atoms with Crippen LogP contribution in [0.1, 0.15) is 39.6 Å². The number of nitrogens with zero attached hydrogens (tertiary/aromatic N) is 1. The molecule has 140 valence electrons. The van der Waals surface area contributed by atoms with Crippen LogP contribution in [0.5, 0.6) is 0 Å². The zero-order valence-electron chi connectivity index (χ0n) is 14.7. The van der Waals surface area contributed by atoms with Gasteiger partial charge in [0.1, 0.15) is 11.1 Å². The first-order chi connectivity index (χ1) is 13.6. The normalized spacial score (nSPS) is 12.0. The molecule has 8 heteroatoms. The van der Waals surface area contributed by atoms with E-state index in [1.807, 2.05) is 22.9 Å². The van der Waals surface area contributed by atoms with Crippen LogP contribution in [0.2, 0.25) is 0 Å². The van der Waals surface area contributed by atoms with E-state index in [1.165, 1.54) is 35.6 Å². The largest absolute Gasteiger partial charge is 0.451 e. The Morgan fingerprint density at radius 1 is 1.21 bits per heavy atom. The van der Waals surface area contributed by atoms with E-state index in [-0.39, 0.29) is 11.4 Å². The molecule has 0 unspecified atom stereocenters. The van der Waals surface area contributed by atoms with Crippen LogP contribution < -0.4 is 5.56 Å². The lowest BCUT2D eigenvalue weighted by Crippen LogP contribution is -2.17. The molecule has 0 aliphatic rings. The number of nitrogens with one attached hydrogen (secondary N) is 1. The van der Waals surface area contributed by atoms with Crippen LogP contribution in [0.4, 0.5) is 0 Å². The Kier molecular flexibility index (Phi) is 4.89. The number of hydrogen-bond donors (Lipinski definition) is 1. The van der Waals surface area contributed by atoms with Gasteiger partial charge in [-0.05, 0) is 30.5 Å². The van der Waals surface area contributed by atoms with E-state index in [9.17, 15) is 14.4 Å². The highest BCUT2D eigenvalue weighted by Crippen LogP contribution is 2.33. The van der Waals surface area contributed by atoms with Crippen molar-refractivity contribution in [2.24, 2.45) is 0 Å². The summed E-state index contributed by atoms with van der Waals surface area (Å²) in [6, 6.07) is 10.0. The Bertz CT molecular complexity index is 1210. The molecular weight excluding hydrogens is 396 g/mol. The molecule has 1 aromatic carbocycles. The van der Waals surface area contributed by atoms with E-state index in [1.54, 1.807) is 18.3 Å². The van der Waals surface area contributed by atoms with Crippen LogP contribution in [0.25, 0.3) is 20.7 Å². The van der Waals surface area contributed by atoms with Gasteiger partial charge in [-0.2, -0.15) is 0 Å². The predicted molar refractivity (Wildman–Crippen MR) is 109 cm³/mol. The monoisotopic (exact) mass is 410 g/mol. The first-order valence-corrected chi connectivity index (χ1v) is 10.1. The molecule has 0 saturated heterocycles. The third kappa shape index (κ3) is 3.39. The third-order valence-electron chi connectivity index (χ3n) is 4.20. The molecular formula is C20H14N2O4S2. The summed E-state index contributed by atoms with van der Waals surface area (Å²) in [5.41, 5.74) is 1.38. The standard InChI is InChI=1S/C20H14N2O4S2/c1-11(26-20(25)13-6-4-12(9-23)5-7-13)17-21-18(24)16-14(10-28-19(16)22-17)15-3-2-8-27-15/h2-11H,1H3,(H,21,22,24)/t11-/m0/s1. The van der Waals surface area contributed by atoms with Gasteiger partial charge < -0.3 is 9.72 Å². The summed E-state index contributed by atoms with van der Waals surface area (Å²) in [7, 11) is 0. The van der Waals surface area contributed by atoms with E-state index in [0.29, 0.717) is 27.6 Å². The lowest BCUT2D eigenvalue weighted by molar-refractivity contribution is 0.0320. The number of hydrogen-bond acceptors (Lipinski definition) is 7. The second-order valence-electron chi connectivity index (χ2n) is 6.05. The van der Waals surface area contributed by atoms with Gasteiger partial charge in [0.15, 0.2) is 11.9 Å². The Hall–Kier alpha value is -3.10. The fraction of sp³-hybridized carbons (Fsp3) is 0.100. The fourth-order valence-corrected chi connectivity index (χ4v) is 4.52. The van der Waals surface area contributed by atoms with Crippen LogP contribution in [0.15, 0.2) is 52.0 Å². The molecule has 0 radical (unpaired) electrons. The van der Waals surface area contributed by atoms with Crippen molar-refractivity contribution in [3.05, 3.63) is 74.5 Å². The summed E-state index contributed by atoms with van der Waals surface area (Å²) in [5.74, 6) is -0.270. The number of H-pyrrole nitrogens is 1. The molecule has 0 saturated carbocycles. The topological polar surface area (TPSA) is 89.1 Å². The Morgan fingerprint density at radius 2 is 2.00 bits per heavy atom. The van der Waals surface area contributed by atoms with Crippen LogP contribution in [-0.4, -0.2) is 22.2 Å². The minimum atomic E-state index is -0.734. The summed E-state index contributed by atoms with van der Waals surface area (Å²) in [6.45, 7) is 1.65. The minimum Gasteiger partial charge on any atom is -0.451 e. The summed E-state index contributed by atoms with van der Waals surface area (Å²) < 4.78 is 5.43. The van der Waals surface area contributed by atoms with Gasteiger partial charge in [0.25, 0.3) is 5.56 Å². The predicted octanol–water partition coefficient (Wildman–Crippen LogP) is 4.44. The number of carbonyl (C=O) groups excluding carboxylic acids is 2. The number of carbonyl (C=O) groups is 2. The maximum absolute atomic E-state index is 12.6. The van der Waals surface area contributed by atoms with Crippen molar-refractivity contribution < 1.29 is 14.3 Å². The second-order valence-corrected chi connectivity index (χ2v) is 7.85. The number of ether oxygens (including phenoxy) is 1. The minimum absolute atomic E-state index is 0.261. The molecule has 1 atom stereocenters. The Morgan fingerprint density at radius 3 is 2.68 bits per heavy atom. The van der Waals surface area contributed by atoms with Crippen LogP contribution >= 0.6 is 22.7 Å². The van der Waals surface area contributed by atoms with E-state index >= 15 is 0 Å². The second kappa shape index (κ2) is 7.49. The van der Waals surface area contributed by atoms with Crippen molar-refractivity contribution in [2.45, 2.75) is 13.0 Å².